The van der Waals surface area contributed by atoms with Crippen LogP contribution in [0, 0.1) is 13.8 Å². The summed E-state index contributed by atoms with van der Waals surface area (Å²) in [6.45, 7) is 3.98. The molecule has 1 heterocycles. The molecule has 1 amide bonds. The summed E-state index contributed by atoms with van der Waals surface area (Å²) in [4.78, 5) is 16.6. The van der Waals surface area contributed by atoms with Crippen molar-refractivity contribution in [2.75, 3.05) is 5.32 Å². The Morgan fingerprint density at radius 1 is 1.20 bits per heavy atom. The van der Waals surface area contributed by atoms with Crippen molar-refractivity contribution >= 4 is 42.6 Å². The zero-order chi connectivity index (χ0) is 18.2. The summed E-state index contributed by atoms with van der Waals surface area (Å²) in [5.41, 5.74) is 3.79. The molecule has 1 aromatic heterocycles. The van der Waals surface area contributed by atoms with E-state index in [0.717, 1.165) is 16.7 Å². The van der Waals surface area contributed by atoms with Crippen molar-refractivity contribution in [3.05, 3.63) is 53.1 Å². The number of benzene rings is 2. The molecule has 0 fully saturated rings. The fourth-order valence-corrected chi connectivity index (χ4v) is 4.05. The minimum Gasteiger partial charge on any atom is -0.302 e. The van der Waals surface area contributed by atoms with Gasteiger partial charge in [-0.05, 0) is 43.2 Å². The number of aryl methyl sites for hydroxylation is 2. The second-order valence-electron chi connectivity index (χ2n) is 5.85. The van der Waals surface area contributed by atoms with Crippen LogP contribution in [0.25, 0.3) is 10.2 Å². The molecule has 3 rings (SSSR count). The minimum atomic E-state index is -3.77. The smallest absolute Gasteiger partial charge is 0.238 e. The molecule has 0 saturated heterocycles. The van der Waals surface area contributed by atoms with E-state index in [1.165, 1.54) is 23.5 Å². The molecule has 3 aromatic rings. The van der Waals surface area contributed by atoms with E-state index in [2.05, 4.69) is 10.3 Å². The molecule has 0 bridgehead atoms. The predicted molar refractivity (Wildman–Crippen MR) is 99.2 cm³/mol. The maximum absolute atomic E-state index is 12.3. The summed E-state index contributed by atoms with van der Waals surface area (Å²) in [5, 5.41) is 8.33. The van der Waals surface area contributed by atoms with Crippen molar-refractivity contribution in [2.24, 2.45) is 5.14 Å². The van der Waals surface area contributed by atoms with Crippen LogP contribution in [-0.4, -0.2) is 19.3 Å². The van der Waals surface area contributed by atoms with Gasteiger partial charge in [-0.2, -0.15) is 0 Å². The van der Waals surface area contributed by atoms with Crippen LogP contribution in [0.1, 0.15) is 16.7 Å². The van der Waals surface area contributed by atoms with Gasteiger partial charge in [-0.25, -0.2) is 18.5 Å². The lowest BCUT2D eigenvalue weighted by atomic mass is 10.0. The van der Waals surface area contributed by atoms with Crippen LogP contribution in [-0.2, 0) is 21.2 Å². The molecule has 8 heteroatoms. The van der Waals surface area contributed by atoms with E-state index in [-0.39, 0.29) is 17.2 Å². The largest absolute Gasteiger partial charge is 0.302 e. The van der Waals surface area contributed by atoms with Gasteiger partial charge in [0.1, 0.15) is 0 Å². The number of nitrogens with one attached hydrogen (secondary N) is 1. The zero-order valence-electron chi connectivity index (χ0n) is 13.7. The first-order valence-corrected chi connectivity index (χ1v) is 9.88. The van der Waals surface area contributed by atoms with E-state index in [0.29, 0.717) is 15.3 Å². The zero-order valence-corrected chi connectivity index (χ0v) is 15.4. The molecule has 0 spiro atoms. The first kappa shape index (κ1) is 17.5. The van der Waals surface area contributed by atoms with E-state index in [1.54, 1.807) is 6.07 Å². The number of sulfonamides is 1. The number of nitrogens with two attached hydrogens (primary N) is 1. The summed E-state index contributed by atoms with van der Waals surface area (Å²) >= 11 is 1.21. The number of rotatable bonds is 4. The fourth-order valence-electron chi connectivity index (χ4n) is 2.52. The third-order valence-corrected chi connectivity index (χ3v) is 5.63. The Hall–Kier alpha value is -2.29. The fraction of sp³-hybridized carbons (Fsp3) is 0.176. The lowest BCUT2D eigenvalue weighted by Crippen LogP contribution is -2.14. The topological polar surface area (TPSA) is 102 Å². The quantitative estimate of drug-likeness (QED) is 0.732. The lowest BCUT2D eigenvalue weighted by molar-refractivity contribution is -0.115. The normalized spacial score (nSPS) is 11.6. The van der Waals surface area contributed by atoms with E-state index >= 15 is 0 Å². The average molecular weight is 375 g/mol. The van der Waals surface area contributed by atoms with Crippen LogP contribution in [0.5, 0.6) is 0 Å². The van der Waals surface area contributed by atoms with Gasteiger partial charge in [0.05, 0.1) is 21.5 Å². The van der Waals surface area contributed by atoms with Gasteiger partial charge in [-0.1, -0.05) is 35.1 Å². The number of fused-ring (bicyclic) bond motifs is 1. The van der Waals surface area contributed by atoms with Gasteiger partial charge in [0.25, 0.3) is 0 Å². The van der Waals surface area contributed by atoms with Crippen LogP contribution in [0.3, 0.4) is 0 Å². The molecular formula is C17H17N3O3S2. The van der Waals surface area contributed by atoms with Crippen molar-refractivity contribution in [1.82, 2.24) is 4.98 Å². The SMILES string of the molecule is Cc1ccc(CC(=O)Nc2nc3ccc(S(N)(=O)=O)cc3s2)c(C)c1. The molecular weight excluding hydrogens is 358 g/mol. The molecule has 130 valence electrons. The first-order valence-electron chi connectivity index (χ1n) is 7.52. The van der Waals surface area contributed by atoms with E-state index in [1.807, 2.05) is 32.0 Å². The third kappa shape index (κ3) is 4.04. The average Bonchev–Trinajstić information content (AvgIpc) is 2.90. The summed E-state index contributed by atoms with van der Waals surface area (Å²) in [6, 6.07) is 10.4. The Morgan fingerprint density at radius 2 is 1.96 bits per heavy atom. The number of carbonyl (C=O) groups is 1. The minimum absolute atomic E-state index is 0.0248. The molecule has 25 heavy (non-hydrogen) atoms. The first-order chi connectivity index (χ1) is 11.7. The Bertz CT molecular complexity index is 1070. The molecule has 0 aliphatic carbocycles. The maximum atomic E-state index is 12.3. The van der Waals surface area contributed by atoms with Gasteiger partial charge in [-0.3, -0.25) is 4.79 Å². The van der Waals surface area contributed by atoms with Crippen LogP contribution < -0.4 is 10.5 Å². The molecule has 0 atom stereocenters. The van der Waals surface area contributed by atoms with Crippen molar-refractivity contribution in [1.29, 1.82) is 0 Å². The lowest BCUT2D eigenvalue weighted by Gasteiger charge is -2.06. The maximum Gasteiger partial charge on any atom is 0.238 e. The number of aromatic nitrogens is 1. The molecule has 0 unspecified atom stereocenters. The molecule has 2 aromatic carbocycles. The highest BCUT2D eigenvalue weighted by Crippen LogP contribution is 2.28. The van der Waals surface area contributed by atoms with Crippen molar-refractivity contribution < 1.29 is 13.2 Å². The molecule has 0 radical (unpaired) electrons. The van der Waals surface area contributed by atoms with Crippen LogP contribution >= 0.6 is 11.3 Å². The molecule has 3 N–H and O–H groups in total. The number of anilines is 1. The van der Waals surface area contributed by atoms with E-state index in [9.17, 15) is 13.2 Å². The second-order valence-corrected chi connectivity index (χ2v) is 8.44. The van der Waals surface area contributed by atoms with Gasteiger partial charge in [0.15, 0.2) is 5.13 Å². The predicted octanol–water partition coefficient (Wildman–Crippen LogP) is 2.74. The van der Waals surface area contributed by atoms with Gasteiger partial charge >= 0.3 is 0 Å². The number of carbonyl (C=O) groups excluding carboxylic acids is 1. The number of primary sulfonamides is 1. The molecule has 0 aliphatic heterocycles. The molecule has 6 nitrogen and oxygen atoms in total. The Balaban J connectivity index is 1.79. The number of nitrogens with zero attached hydrogens (tertiary/aromatic N) is 1. The standard InChI is InChI=1S/C17H17N3O3S2/c1-10-3-4-12(11(2)7-10)8-16(21)20-17-19-14-6-5-13(25(18,22)23)9-15(14)24-17/h3-7,9H,8H2,1-2H3,(H2,18,22,23)(H,19,20,21). The van der Waals surface area contributed by atoms with Crippen molar-refractivity contribution in [3.63, 3.8) is 0 Å². The number of amides is 1. The molecule has 0 aliphatic rings. The Morgan fingerprint density at radius 3 is 2.64 bits per heavy atom. The highest BCUT2D eigenvalue weighted by molar-refractivity contribution is 7.89. The van der Waals surface area contributed by atoms with Gasteiger partial charge in [0.2, 0.25) is 15.9 Å². The number of hydrogen-bond acceptors (Lipinski definition) is 5. The highest BCUT2D eigenvalue weighted by Gasteiger charge is 2.13. The summed E-state index contributed by atoms with van der Waals surface area (Å²) in [6.07, 6.45) is 0.254. The second kappa shape index (κ2) is 6.55. The number of hydrogen-bond donors (Lipinski definition) is 2. The molecule has 0 saturated carbocycles. The van der Waals surface area contributed by atoms with Gasteiger partial charge in [-0.15, -0.1) is 0 Å². The summed E-state index contributed by atoms with van der Waals surface area (Å²) in [7, 11) is -3.77. The Labute approximate surface area is 149 Å². The summed E-state index contributed by atoms with van der Waals surface area (Å²) < 4.78 is 23.5. The Kier molecular flexibility index (Phi) is 4.59. The van der Waals surface area contributed by atoms with Crippen molar-refractivity contribution in [3.8, 4) is 0 Å². The monoisotopic (exact) mass is 375 g/mol. The highest BCUT2D eigenvalue weighted by atomic mass is 32.2. The van der Waals surface area contributed by atoms with Crippen LogP contribution in [0.15, 0.2) is 41.3 Å². The van der Waals surface area contributed by atoms with E-state index < -0.39 is 10.0 Å². The summed E-state index contributed by atoms with van der Waals surface area (Å²) in [5.74, 6) is -0.169. The number of thiazole rings is 1. The van der Waals surface area contributed by atoms with E-state index in [4.69, 9.17) is 5.14 Å². The van der Waals surface area contributed by atoms with Gasteiger partial charge < -0.3 is 5.32 Å². The van der Waals surface area contributed by atoms with Crippen LogP contribution in [0.4, 0.5) is 5.13 Å². The van der Waals surface area contributed by atoms with Crippen LogP contribution in [0.2, 0.25) is 0 Å². The third-order valence-electron chi connectivity index (χ3n) is 3.78. The van der Waals surface area contributed by atoms with Gasteiger partial charge in [0, 0.05) is 0 Å². The van der Waals surface area contributed by atoms with Crippen molar-refractivity contribution in [2.45, 2.75) is 25.2 Å².